The van der Waals surface area contributed by atoms with E-state index in [1.807, 2.05) is 12.1 Å². The number of halogens is 3. The van der Waals surface area contributed by atoms with Gasteiger partial charge < -0.3 is 35.8 Å². The molecule has 6 rings (SSSR count). The van der Waals surface area contributed by atoms with Gasteiger partial charge in [-0.2, -0.15) is 0 Å². The molecule has 3 fully saturated rings. The number of alkyl halides is 3. The van der Waals surface area contributed by atoms with Crippen LogP contribution in [0.2, 0.25) is 0 Å². The molecule has 4 heterocycles. The van der Waals surface area contributed by atoms with E-state index >= 15 is 0 Å². The lowest BCUT2D eigenvalue weighted by Gasteiger charge is -2.49. The van der Waals surface area contributed by atoms with Crippen molar-refractivity contribution >= 4 is 64.6 Å². The third-order valence-electron chi connectivity index (χ3n) is 8.91. The average molecular weight is 685 g/mol. The summed E-state index contributed by atoms with van der Waals surface area (Å²) in [5.41, 5.74) is 0.729. The normalized spacial score (nSPS) is 28.4. The van der Waals surface area contributed by atoms with E-state index in [4.69, 9.17) is 39.5 Å². The number of amides is 4. The van der Waals surface area contributed by atoms with Crippen molar-refractivity contribution in [1.82, 2.24) is 31.1 Å². The maximum absolute atomic E-state index is 13.5. The van der Waals surface area contributed by atoms with Gasteiger partial charge in [0, 0.05) is 24.9 Å². The molecule has 0 saturated carbocycles. The first-order valence-corrected chi connectivity index (χ1v) is 15.6. The van der Waals surface area contributed by atoms with Crippen molar-refractivity contribution < 1.29 is 34.1 Å². The molecule has 17 heteroatoms. The highest BCUT2D eigenvalue weighted by Gasteiger charge is 2.74. The summed E-state index contributed by atoms with van der Waals surface area (Å²) in [6, 6.07) is 2.07. The van der Waals surface area contributed by atoms with Crippen LogP contribution < -0.4 is 21.3 Å². The Bertz CT molecular complexity index is 1480. The number of aryl methyl sites for hydroxylation is 2. The molecule has 1 spiro atoms. The Kier molecular flexibility index (Phi) is 8.09. The summed E-state index contributed by atoms with van der Waals surface area (Å²) >= 11 is 17.2. The molecule has 6 N–H and O–H groups in total. The van der Waals surface area contributed by atoms with Gasteiger partial charge in [-0.3, -0.25) is 24.6 Å². The molecule has 45 heavy (non-hydrogen) atoms. The zero-order valence-electron chi connectivity index (χ0n) is 23.9. The van der Waals surface area contributed by atoms with Gasteiger partial charge >= 0.3 is 6.09 Å². The van der Waals surface area contributed by atoms with Crippen LogP contribution in [-0.4, -0.2) is 103 Å². The largest absolute Gasteiger partial charge is 0.445 e. The van der Waals surface area contributed by atoms with Crippen LogP contribution in [0.5, 0.6) is 0 Å². The van der Waals surface area contributed by atoms with Crippen LogP contribution in [0.1, 0.15) is 47.2 Å². The summed E-state index contributed by atoms with van der Waals surface area (Å²) in [7, 11) is 0. The smallest absolute Gasteiger partial charge is 0.414 e. The molecule has 1 aromatic rings. The first-order chi connectivity index (χ1) is 21.2. The highest BCUT2D eigenvalue weighted by atomic mass is 35.6. The molecule has 4 amide bonds. The average Bonchev–Trinajstić information content (AvgIpc) is 3.58. The van der Waals surface area contributed by atoms with E-state index in [9.17, 15) is 29.4 Å². The molecule has 0 bridgehead atoms. The van der Waals surface area contributed by atoms with Gasteiger partial charge in [-0.25, -0.2) is 9.79 Å². The first-order valence-electron chi connectivity index (χ1n) is 14.5. The number of aliphatic imine (C=N–C) groups is 1. The number of rotatable bonds is 5. The number of likely N-dealkylation sites (tertiary alicyclic amines) is 1. The molecule has 3 saturated heterocycles. The molecule has 0 radical (unpaired) electrons. The maximum Gasteiger partial charge on any atom is 0.414 e. The number of hydrogen-bond acceptors (Lipinski definition) is 11. The first kappa shape index (κ1) is 31.7. The Morgan fingerprint density at radius 3 is 2.49 bits per heavy atom. The number of carbonyl (C=O) groups excluding carboxylic acids is 4. The molecule has 1 aliphatic carbocycles. The fourth-order valence-corrected chi connectivity index (χ4v) is 7.00. The minimum atomic E-state index is -2.73. The van der Waals surface area contributed by atoms with E-state index in [1.54, 1.807) is 6.07 Å². The van der Waals surface area contributed by atoms with E-state index in [-0.39, 0.29) is 37.7 Å². The van der Waals surface area contributed by atoms with Gasteiger partial charge in [-0.1, -0.05) is 47.4 Å². The van der Waals surface area contributed by atoms with Crippen LogP contribution in [0.25, 0.3) is 0 Å². The molecule has 3 unspecified atom stereocenters. The van der Waals surface area contributed by atoms with E-state index in [0.717, 1.165) is 36.1 Å². The van der Waals surface area contributed by atoms with E-state index in [1.165, 1.54) is 10.5 Å². The predicted octanol–water partition coefficient (Wildman–Crippen LogP) is 0.373. The highest BCUT2D eigenvalue weighted by molar-refractivity contribution is 6.67. The van der Waals surface area contributed by atoms with Gasteiger partial charge in [0.05, 0.1) is 24.4 Å². The van der Waals surface area contributed by atoms with E-state index in [2.05, 4.69) is 32.8 Å². The molecule has 4 atom stereocenters. The van der Waals surface area contributed by atoms with Gasteiger partial charge in [0.2, 0.25) is 27.4 Å². The lowest BCUT2D eigenvalue weighted by atomic mass is 9.85. The topological polar surface area (TPSA) is 185 Å². The predicted molar refractivity (Wildman–Crippen MR) is 162 cm³/mol. The Morgan fingerprint density at radius 1 is 1.11 bits per heavy atom. The number of aliphatic hydroxyl groups is 2. The molecular weight excluding hydrogens is 653 g/mol. The van der Waals surface area contributed by atoms with E-state index in [0.29, 0.717) is 5.56 Å². The van der Waals surface area contributed by atoms with Gasteiger partial charge in [0.15, 0.2) is 5.66 Å². The number of nitrogens with zero attached hydrogens (tertiary/aromatic N) is 3. The number of alkyl carbamates (subject to hydrolysis) is 1. The highest BCUT2D eigenvalue weighted by Crippen LogP contribution is 2.45. The van der Waals surface area contributed by atoms with Gasteiger partial charge in [0.1, 0.15) is 12.6 Å². The van der Waals surface area contributed by atoms with Gasteiger partial charge in [-0.15, -0.1) is 0 Å². The lowest BCUT2D eigenvalue weighted by Crippen LogP contribution is -2.78. The number of imide groups is 1. The monoisotopic (exact) mass is 683 g/mol. The second-order valence-corrected chi connectivity index (χ2v) is 14.3. The minimum absolute atomic E-state index is 0.0325. The van der Waals surface area contributed by atoms with Crippen molar-refractivity contribution in [2.75, 3.05) is 19.7 Å². The van der Waals surface area contributed by atoms with Gasteiger partial charge in [0.25, 0.3) is 5.91 Å². The minimum Gasteiger partial charge on any atom is -0.445 e. The van der Waals surface area contributed by atoms with Crippen LogP contribution in [0, 0.1) is 0 Å². The second-order valence-electron chi connectivity index (χ2n) is 11.8. The molecule has 1 aromatic carbocycles. The van der Waals surface area contributed by atoms with Crippen LogP contribution in [-0.2, 0) is 27.2 Å². The van der Waals surface area contributed by atoms with Crippen LogP contribution in [0.15, 0.2) is 35.6 Å². The van der Waals surface area contributed by atoms with Crippen molar-refractivity contribution in [2.24, 2.45) is 4.99 Å². The van der Waals surface area contributed by atoms with Gasteiger partial charge in [-0.05, 0) is 48.9 Å². The van der Waals surface area contributed by atoms with Crippen molar-refractivity contribution in [2.45, 2.75) is 71.9 Å². The zero-order valence-corrected chi connectivity index (χ0v) is 26.2. The van der Waals surface area contributed by atoms with Crippen LogP contribution in [0.3, 0.4) is 0 Å². The maximum atomic E-state index is 13.5. The molecule has 4 aliphatic heterocycles. The van der Waals surface area contributed by atoms with Crippen molar-refractivity contribution in [3.63, 3.8) is 0 Å². The molecule has 5 aliphatic rings. The number of guanidine groups is 1. The number of nitrogens with one attached hydrogen (secondary N) is 4. The third kappa shape index (κ3) is 5.67. The fraction of sp³-hybridized carbons (Fsp3) is 0.536. The summed E-state index contributed by atoms with van der Waals surface area (Å²) in [6.45, 7) is 2.80. The summed E-state index contributed by atoms with van der Waals surface area (Å²) in [4.78, 5) is 58.3. The Labute approximate surface area is 273 Å². The van der Waals surface area contributed by atoms with Crippen molar-refractivity contribution in [3.05, 3.63) is 47.3 Å². The molecule has 14 nitrogen and oxygen atoms in total. The Morgan fingerprint density at radius 2 is 1.80 bits per heavy atom. The fourth-order valence-electron chi connectivity index (χ4n) is 6.84. The standard InChI is InChI=1S/C28H32Cl3N7O7/c1-14-32-22-18(11-37-20(39)8-9-21(37)40)33-24(35-25(42)45-13-26(29,30)31)38-12-19(28(43,44)27(22,38)36-14)34-23(41)17-7-6-15-4-2-3-5-16(15)10-17/h6-7,10,18-19,22,32,36,43-44H,1-5,8-9,11-13H2,(H,34,41)(H,33,35,42)/t18-,19?,22?,27?/m0/s1. The zero-order chi connectivity index (χ0) is 32.3. The quantitative estimate of drug-likeness (QED) is 0.144. The van der Waals surface area contributed by atoms with Crippen molar-refractivity contribution in [1.29, 1.82) is 0 Å². The molecular formula is C28H32Cl3N7O7. The second kappa shape index (κ2) is 11.5. The molecule has 242 valence electrons. The Balaban J connectivity index is 1.33. The van der Waals surface area contributed by atoms with Crippen LogP contribution >= 0.6 is 34.8 Å². The summed E-state index contributed by atoms with van der Waals surface area (Å²) in [5.74, 6) is -4.10. The number of ether oxygens (including phenoxy) is 1. The lowest BCUT2D eigenvalue weighted by molar-refractivity contribution is -0.231. The number of hydrogen-bond donors (Lipinski definition) is 6. The number of carbonyl (C=O) groups is 4. The number of benzene rings is 1. The summed E-state index contributed by atoms with van der Waals surface area (Å²) in [5, 5.41) is 35.1. The SMILES string of the molecule is C=C1NC2[C@H](CN3C(=O)CCC3=O)N=C(NC(=O)OCC(Cl)(Cl)Cl)N3CC(NC(=O)c4ccc5c(c4)CCCC5)C(O)(O)C23N1. The summed E-state index contributed by atoms with van der Waals surface area (Å²) in [6.07, 6.45) is 2.88. The Hall–Kier alpha value is -3.30. The van der Waals surface area contributed by atoms with Crippen molar-refractivity contribution in [3.8, 4) is 0 Å². The number of fused-ring (bicyclic) bond motifs is 1. The van der Waals surface area contributed by atoms with E-state index < -0.39 is 63.8 Å². The third-order valence-corrected chi connectivity index (χ3v) is 9.24. The summed E-state index contributed by atoms with van der Waals surface area (Å²) < 4.78 is 3.11. The molecule has 0 aromatic heterocycles. The van der Waals surface area contributed by atoms with Crippen LogP contribution in [0.4, 0.5) is 4.79 Å².